The maximum atomic E-state index is 13.1. The van der Waals surface area contributed by atoms with E-state index in [-0.39, 0.29) is 11.6 Å². The summed E-state index contributed by atoms with van der Waals surface area (Å²) < 4.78 is 57.2. The standard InChI is InChI=1S/C13H10F4N2O2/c1-2-19-6-5-18-11(12(19)20)21-8-3-4-10(14)9(7-8)13(15,16)17/h3-7H,2H2,1H3. The van der Waals surface area contributed by atoms with Crippen LogP contribution in [0, 0.1) is 5.82 Å². The van der Waals surface area contributed by atoms with E-state index in [1.54, 1.807) is 6.92 Å². The van der Waals surface area contributed by atoms with Gasteiger partial charge in [0.25, 0.3) is 5.88 Å². The van der Waals surface area contributed by atoms with Crippen molar-refractivity contribution in [1.29, 1.82) is 0 Å². The lowest BCUT2D eigenvalue weighted by Crippen LogP contribution is -2.20. The van der Waals surface area contributed by atoms with Crippen LogP contribution >= 0.6 is 0 Å². The van der Waals surface area contributed by atoms with Crippen molar-refractivity contribution in [3.8, 4) is 11.6 Å². The molecule has 1 heterocycles. The summed E-state index contributed by atoms with van der Waals surface area (Å²) in [5, 5.41) is 0. The minimum Gasteiger partial charge on any atom is -0.435 e. The largest absolute Gasteiger partial charge is 0.435 e. The van der Waals surface area contributed by atoms with E-state index in [0.29, 0.717) is 18.7 Å². The first kappa shape index (κ1) is 15.0. The Bertz CT molecular complexity index is 710. The zero-order valence-corrected chi connectivity index (χ0v) is 10.8. The highest BCUT2D eigenvalue weighted by atomic mass is 19.4. The van der Waals surface area contributed by atoms with Gasteiger partial charge in [-0.3, -0.25) is 4.79 Å². The molecule has 21 heavy (non-hydrogen) atoms. The first-order valence-corrected chi connectivity index (χ1v) is 5.93. The Morgan fingerprint density at radius 1 is 1.33 bits per heavy atom. The molecule has 0 aliphatic heterocycles. The van der Waals surface area contributed by atoms with Crippen molar-refractivity contribution < 1.29 is 22.3 Å². The van der Waals surface area contributed by atoms with Crippen LogP contribution in [0.15, 0.2) is 35.4 Å². The van der Waals surface area contributed by atoms with Crippen LogP contribution in [-0.2, 0) is 12.7 Å². The van der Waals surface area contributed by atoms with Gasteiger partial charge in [0, 0.05) is 18.9 Å². The lowest BCUT2D eigenvalue weighted by Gasteiger charge is -2.11. The molecule has 0 unspecified atom stereocenters. The summed E-state index contributed by atoms with van der Waals surface area (Å²) >= 11 is 0. The smallest absolute Gasteiger partial charge is 0.419 e. The van der Waals surface area contributed by atoms with Crippen LogP contribution in [0.25, 0.3) is 0 Å². The molecule has 2 aromatic rings. The molecule has 0 bridgehead atoms. The molecule has 0 fully saturated rings. The Morgan fingerprint density at radius 2 is 2.05 bits per heavy atom. The average molecular weight is 302 g/mol. The summed E-state index contributed by atoms with van der Waals surface area (Å²) in [6.45, 7) is 2.07. The number of hydrogen-bond donors (Lipinski definition) is 0. The summed E-state index contributed by atoms with van der Waals surface area (Å²) in [7, 11) is 0. The number of halogens is 4. The van der Waals surface area contributed by atoms with E-state index in [2.05, 4.69) is 4.98 Å². The fourth-order valence-electron chi connectivity index (χ4n) is 1.64. The number of aromatic nitrogens is 2. The number of hydrogen-bond acceptors (Lipinski definition) is 3. The van der Waals surface area contributed by atoms with Crippen LogP contribution in [0.3, 0.4) is 0 Å². The lowest BCUT2D eigenvalue weighted by molar-refractivity contribution is -0.140. The van der Waals surface area contributed by atoms with E-state index >= 15 is 0 Å². The molecule has 0 N–H and O–H groups in total. The molecular weight excluding hydrogens is 292 g/mol. The molecule has 0 saturated carbocycles. The normalized spacial score (nSPS) is 11.5. The van der Waals surface area contributed by atoms with Gasteiger partial charge in [0.2, 0.25) is 0 Å². The fourth-order valence-corrected chi connectivity index (χ4v) is 1.64. The number of alkyl halides is 3. The second kappa shape index (κ2) is 5.55. The van der Waals surface area contributed by atoms with Gasteiger partial charge in [-0.2, -0.15) is 13.2 Å². The van der Waals surface area contributed by atoms with Crippen LogP contribution in [0.1, 0.15) is 12.5 Å². The molecule has 112 valence electrons. The molecular formula is C13H10F4N2O2. The lowest BCUT2D eigenvalue weighted by atomic mass is 10.2. The molecule has 2 rings (SSSR count). The van der Waals surface area contributed by atoms with E-state index in [4.69, 9.17) is 4.74 Å². The third-order valence-electron chi connectivity index (χ3n) is 2.68. The first-order valence-electron chi connectivity index (χ1n) is 5.93. The molecule has 0 spiro atoms. The average Bonchev–Trinajstić information content (AvgIpc) is 2.42. The second-order valence-corrected chi connectivity index (χ2v) is 4.07. The quantitative estimate of drug-likeness (QED) is 0.818. The van der Waals surface area contributed by atoms with E-state index in [9.17, 15) is 22.4 Å². The highest BCUT2D eigenvalue weighted by Crippen LogP contribution is 2.34. The SMILES string of the molecule is CCn1ccnc(Oc2ccc(F)c(C(F)(F)F)c2)c1=O. The van der Waals surface area contributed by atoms with Gasteiger partial charge in [-0.1, -0.05) is 0 Å². The van der Waals surface area contributed by atoms with Gasteiger partial charge in [-0.05, 0) is 25.1 Å². The van der Waals surface area contributed by atoms with Crippen molar-refractivity contribution in [2.75, 3.05) is 0 Å². The van der Waals surface area contributed by atoms with Crippen molar-refractivity contribution in [2.24, 2.45) is 0 Å². The van der Waals surface area contributed by atoms with Crippen LogP contribution in [0.2, 0.25) is 0 Å². The minimum atomic E-state index is -4.85. The summed E-state index contributed by atoms with van der Waals surface area (Å²) in [5.41, 5.74) is -2.05. The van der Waals surface area contributed by atoms with Crippen molar-refractivity contribution in [3.05, 3.63) is 52.3 Å². The van der Waals surface area contributed by atoms with E-state index in [0.717, 1.165) is 6.07 Å². The molecule has 1 aromatic carbocycles. The van der Waals surface area contributed by atoms with Crippen molar-refractivity contribution in [1.82, 2.24) is 9.55 Å². The van der Waals surface area contributed by atoms with Crippen LogP contribution in [-0.4, -0.2) is 9.55 Å². The Labute approximate surface area is 116 Å². The summed E-state index contributed by atoms with van der Waals surface area (Å²) in [6.07, 6.45) is -2.15. The molecule has 0 aliphatic carbocycles. The number of nitrogens with zero attached hydrogens (tertiary/aromatic N) is 2. The molecule has 8 heteroatoms. The van der Waals surface area contributed by atoms with Gasteiger partial charge in [-0.25, -0.2) is 9.37 Å². The topological polar surface area (TPSA) is 44.1 Å². The third-order valence-corrected chi connectivity index (χ3v) is 2.68. The van der Waals surface area contributed by atoms with Crippen molar-refractivity contribution in [3.63, 3.8) is 0 Å². The molecule has 0 saturated heterocycles. The Morgan fingerprint density at radius 3 is 2.67 bits per heavy atom. The molecule has 0 aliphatic rings. The number of rotatable bonds is 3. The predicted molar refractivity (Wildman–Crippen MR) is 65.6 cm³/mol. The Balaban J connectivity index is 2.39. The summed E-state index contributed by atoms with van der Waals surface area (Å²) in [6, 6.07) is 2.11. The van der Waals surface area contributed by atoms with Gasteiger partial charge >= 0.3 is 11.7 Å². The van der Waals surface area contributed by atoms with Crippen molar-refractivity contribution in [2.45, 2.75) is 19.6 Å². The second-order valence-electron chi connectivity index (χ2n) is 4.07. The minimum absolute atomic E-state index is 0.317. The van der Waals surface area contributed by atoms with Gasteiger partial charge in [0.15, 0.2) is 0 Å². The monoisotopic (exact) mass is 302 g/mol. The predicted octanol–water partition coefficient (Wildman–Crippen LogP) is 3.21. The fraction of sp³-hybridized carbons (Fsp3) is 0.231. The molecule has 0 radical (unpaired) electrons. The zero-order chi connectivity index (χ0) is 15.6. The third kappa shape index (κ3) is 3.21. The van der Waals surface area contributed by atoms with Gasteiger partial charge in [-0.15, -0.1) is 0 Å². The maximum absolute atomic E-state index is 13.1. The highest BCUT2D eigenvalue weighted by Gasteiger charge is 2.34. The Hall–Kier alpha value is -2.38. The maximum Gasteiger partial charge on any atom is 0.419 e. The first-order chi connectivity index (χ1) is 9.82. The van der Waals surface area contributed by atoms with E-state index in [1.807, 2.05) is 0 Å². The highest BCUT2D eigenvalue weighted by molar-refractivity contribution is 5.33. The summed E-state index contributed by atoms with van der Waals surface area (Å²) in [4.78, 5) is 15.5. The molecule has 1 aromatic heterocycles. The van der Waals surface area contributed by atoms with Crippen LogP contribution in [0.5, 0.6) is 11.6 Å². The van der Waals surface area contributed by atoms with E-state index in [1.165, 1.54) is 17.0 Å². The number of ether oxygens (including phenoxy) is 1. The van der Waals surface area contributed by atoms with Gasteiger partial charge < -0.3 is 9.30 Å². The number of benzene rings is 1. The summed E-state index contributed by atoms with van der Waals surface area (Å²) in [5.74, 6) is -2.11. The van der Waals surface area contributed by atoms with Crippen LogP contribution < -0.4 is 10.3 Å². The number of aryl methyl sites for hydroxylation is 1. The molecule has 4 nitrogen and oxygen atoms in total. The van der Waals surface area contributed by atoms with Crippen LogP contribution in [0.4, 0.5) is 17.6 Å². The van der Waals surface area contributed by atoms with E-state index < -0.39 is 23.1 Å². The van der Waals surface area contributed by atoms with Gasteiger partial charge in [0.1, 0.15) is 11.6 Å². The van der Waals surface area contributed by atoms with Gasteiger partial charge in [0.05, 0.1) is 5.56 Å². The zero-order valence-electron chi connectivity index (χ0n) is 10.8. The van der Waals surface area contributed by atoms with Crippen molar-refractivity contribution >= 4 is 0 Å². The Kier molecular flexibility index (Phi) is 3.97. The molecule has 0 amide bonds. The molecule has 0 atom stereocenters.